The molecule has 0 heterocycles. The molecular formula is C33H50O2. The zero-order valence-electron chi connectivity index (χ0n) is 22.6. The third-order valence-corrected chi connectivity index (χ3v) is 7.75. The highest BCUT2D eigenvalue weighted by molar-refractivity contribution is 5.22. The second kappa shape index (κ2) is 16.2. The smallest absolute Gasteiger partial charge is 0.0760 e. The maximum absolute atomic E-state index is 6.16. The van der Waals surface area contributed by atoms with Crippen molar-refractivity contribution in [2.75, 3.05) is 13.2 Å². The minimum atomic E-state index is 0.250. The molecule has 0 fully saturated rings. The molecule has 0 saturated heterocycles. The van der Waals surface area contributed by atoms with E-state index in [1.807, 2.05) is 6.08 Å². The van der Waals surface area contributed by atoms with Crippen LogP contribution in [0.5, 0.6) is 0 Å². The molecule has 0 saturated carbocycles. The Kier molecular flexibility index (Phi) is 12.9. The van der Waals surface area contributed by atoms with Crippen LogP contribution in [0.1, 0.15) is 95.6 Å². The standard InChI is InChI=1S/C33H50O2/c1-4-24-34-25-23-31-19-21-33(22-20-31)35-26-32-17-15-29(16-18-32)8-6-5-7-28-11-13-30(14-12-28)10-9-27(2)3/h4,11,15-19,21,27,30-31,33H,1,5-10,12-14,20,22-26H2,2-3H3. The molecule has 0 aliphatic heterocycles. The van der Waals surface area contributed by atoms with E-state index in [0.29, 0.717) is 19.1 Å². The van der Waals surface area contributed by atoms with Gasteiger partial charge in [0.1, 0.15) is 0 Å². The second-order valence-electron chi connectivity index (χ2n) is 11.2. The topological polar surface area (TPSA) is 18.5 Å². The summed E-state index contributed by atoms with van der Waals surface area (Å²) in [5.41, 5.74) is 4.46. The molecular weight excluding hydrogens is 428 g/mol. The van der Waals surface area contributed by atoms with E-state index in [-0.39, 0.29) is 6.10 Å². The Morgan fingerprint density at radius 2 is 1.77 bits per heavy atom. The Balaban J connectivity index is 1.26. The minimum Gasteiger partial charge on any atom is -0.377 e. The van der Waals surface area contributed by atoms with Crippen molar-refractivity contribution < 1.29 is 9.47 Å². The van der Waals surface area contributed by atoms with Gasteiger partial charge in [-0.2, -0.15) is 0 Å². The highest BCUT2D eigenvalue weighted by Gasteiger charge is 2.16. The predicted octanol–water partition coefficient (Wildman–Crippen LogP) is 9.01. The molecule has 3 unspecified atom stereocenters. The van der Waals surface area contributed by atoms with Gasteiger partial charge in [0.2, 0.25) is 0 Å². The Hall–Kier alpha value is -1.64. The highest BCUT2D eigenvalue weighted by atomic mass is 16.5. The van der Waals surface area contributed by atoms with Crippen LogP contribution in [0.25, 0.3) is 0 Å². The molecule has 1 aromatic carbocycles. The maximum Gasteiger partial charge on any atom is 0.0760 e. The molecule has 0 bridgehead atoms. The monoisotopic (exact) mass is 478 g/mol. The van der Waals surface area contributed by atoms with Crippen LogP contribution >= 0.6 is 0 Å². The van der Waals surface area contributed by atoms with Gasteiger partial charge in [-0.15, -0.1) is 6.58 Å². The van der Waals surface area contributed by atoms with Crippen LogP contribution in [0.15, 0.2) is 60.7 Å². The molecule has 0 aromatic heterocycles. The molecule has 1 aromatic rings. The summed E-state index contributed by atoms with van der Waals surface area (Å²) in [5.74, 6) is 2.42. The molecule has 3 atom stereocenters. The molecule has 0 spiro atoms. The first-order chi connectivity index (χ1) is 17.1. The summed E-state index contributed by atoms with van der Waals surface area (Å²) in [7, 11) is 0. The Morgan fingerprint density at radius 3 is 2.46 bits per heavy atom. The SMILES string of the molecule is C=CCOCCC1C=CC(OCc2ccc(CCCCC3=CCC(CCC(C)C)CC3)cc2)CC1. The summed E-state index contributed by atoms with van der Waals surface area (Å²) < 4.78 is 11.7. The first-order valence-corrected chi connectivity index (χ1v) is 14.4. The summed E-state index contributed by atoms with van der Waals surface area (Å²) in [5, 5.41) is 0. The average molecular weight is 479 g/mol. The van der Waals surface area contributed by atoms with E-state index >= 15 is 0 Å². The number of rotatable bonds is 16. The Bertz CT molecular complexity index is 773. The summed E-state index contributed by atoms with van der Waals surface area (Å²) in [6, 6.07) is 9.10. The van der Waals surface area contributed by atoms with E-state index in [9.17, 15) is 0 Å². The van der Waals surface area contributed by atoms with Crippen molar-refractivity contribution in [2.45, 2.75) is 104 Å². The van der Waals surface area contributed by atoms with Gasteiger partial charge < -0.3 is 9.47 Å². The fourth-order valence-corrected chi connectivity index (χ4v) is 5.32. The number of ether oxygens (including phenoxy) is 2. The third kappa shape index (κ3) is 11.3. The molecule has 2 heteroatoms. The quantitative estimate of drug-likeness (QED) is 0.174. The van der Waals surface area contributed by atoms with Crippen molar-refractivity contribution in [1.82, 2.24) is 0 Å². The molecule has 35 heavy (non-hydrogen) atoms. The number of unbranched alkanes of at least 4 members (excludes halogenated alkanes) is 1. The van der Waals surface area contributed by atoms with E-state index in [1.54, 1.807) is 5.57 Å². The Labute approximate surface area is 215 Å². The van der Waals surface area contributed by atoms with Gasteiger partial charge in [-0.05, 0) is 99.5 Å². The highest BCUT2D eigenvalue weighted by Crippen LogP contribution is 2.30. The molecule has 2 aliphatic carbocycles. The van der Waals surface area contributed by atoms with Gasteiger partial charge in [0.15, 0.2) is 0 Å². The summed E-state index contributed by atoms with van der Waals surface area (Å²) in [4.78, 5) is 0. The third-order valence-electron chi connectivity index (χ3n) is 7.75. The normalized spacial score (nSPS) is 22.4. The number of allylic oxidation sites excluding steroid dienone is 3. The van der Waals surface area contributed by atoms with Crippen molar-refractivity contribution in [3.8, 4) is 0 Å². The molecule has 194 valence electrons. The minimum absolute atomic E-state index is 0.250. The number of hydrogen-bond donors (Lipinski definition) is 0. The lowest BCUT2D eigenvalue weighted by atomic mass is 9.84. The van der Waals surface area contributed by atoms with Gasteiger partial charge in [0, 0.05) is 6.61 Å². The second-order valence-corrected chi connectivity index (χ2v) is 11.2. The fraction of sp³-hybridized carbons (Fsp3) is 0.636. The van der Waals surface area contributed by atoms with E-state index in [0.717, 1.165) is 31.3 Å². The van der Waals surface area contributed by atoms with Crippen molar-refractivity contribution >= 4 is 0 Å². The summed E-state index contributed by atoms with van der Waals surface area (Å²) in [6.07, 6.45) is 24.6. The lowest BCUT2D eigenvalue weighted by molar-refractivity contribution is 0.0566. The first-order valence-electron chi connectivity index (χ1n) is 14.4. The van der Waals surface area contributed by atoms with Gasteiger partial charge in [0.05, 0.1) is 19.3 Å². The number of aryl methyl sites for hydroxylation is 1. The van der Waals surface area contributed by atoms with Crippen molar-refractivity contribution in [2.24, 2.45) is 17.8 Å². The molecule has 2 nitrogen and oxygen atoms in total. The van der Waals surface area contributed by atoms with Gasteiger partial charge in [-0.25, -0.2) is 0 Å². The van der Waals surface area contributed by atoms with Gasteiger partial charge in [-0.3, -0.25) is 0 Å². The zero-order chi connectivity index (χ0) is 24.7. The fourth-order valence-electron chi connectivity index (χ4n) is 5.32. The molecule has 0 N–H and O–H groups in total. The van der Waals surface area contributed by atoms with Crippen LogP contribution in [0, 0.1) is 17.8 Å². The number of benzene rings is 1. The maximum atomic E-state index is 6.16. The zero-order valence-corrected chi connectivity index (χ0v) is 22.6. The van der Waals surface area contributed by atoms with Crippen molar-refractivity contribution in [3.63, 3.8) is 0 Å². The Morgan fingerprint density at radius 1 is 0.971 bits per heavy atom. The summed E-state index contributed by atoms with van der Waals surface area (Å²) in [6.45, 7) is 10.6. The van der Waals surface area contributed by atoms with E-state index in [1.165, 1.54) is 75.3 Å². The van der Waals surface area contributed by atoms with Crippen LogP contribution in [-0.4, -0.2) is 19.3 Å². The predicted molar refractivity (Wildman–Crippen MR) is 150 cm³/mol. The van der Waals surface area contributed by atoms with Crippen molar-refractivity contribution in [1.29, 1.82) is 0 Å². The van der Waals surface area contributed by atoms with Crippen molar-refractivity contribution in [3.05, 3.63) is 71.8 Å². The number of hydrogen-bond acceptors (Lipinski definition) is 2. The molecule has 0 amide bonds. The van der Waals surface area contributed by atoms with E-state index in [2.05, 4.69) is 62.9 Å². The largest absolute Gasteiger partial charge is 0.377 e. The molecule has 0 radical (unpaired) electrons. The van der Waals surface area contributed by atoms with Gasteiger partial charge in [0.25, 0.3) is 0 Å². The van der Waals surface area contributed by atoms with Crippen LogP contribution in [0.4, 0.5) is 0 Å². The van der Waals surface area contributed by atoms with Gasteiger partial charge >= 0.3 is 0 Å². The first kappa shape index (κ1) is 27.9. The van der Waals surface area contributed by atoms with E-state index in [4.69, 9.17) is 9.47 Å². The molecule has 3 rings (SSSR count). The van der Waals surface area contributed by atoms with Crippen LogP contribution < -0.4 is 0 Å². The summed E-state index contributed by atoms with van der Waals surface area (Å²) >= 11 is 0. The van der Waals surface area contributed by atoms with Crippen LogP contribution in [0.3, 0.4) is 0 Å². The van der Waals surface area contributed by atoms with Gasteiger partial charge in [-0.1, -0.05) is 74.4 Å². The average Bonchev–Trinajstić information content (AvgIpc) is 2.89. The molecule has 2 aliphatic rings. The van der Waals surface area contributed by atoms with E-state index < -0.39 is 0 Å². The lowest BCUT2D eigenvalue weighted by Crippen LogP contribution is -2.17. The lowest BCUT2D eigenvalue weighted by Gasteiger charge is -2.23. The van der Waals surface area contributed by atoms with Crippen LogP contribution in [0.2, 0.25) is 0 Å². The van der Waals surface area contributed by atoms with Crippen LogP contribution in [-0.2, 0) is 22.5 Å².